The van der Waals surface area contributed by atoms with Gasteiger partial charge in [-0.1, -0.05) is 19.2 Å². The average Bonchev–Trinajstić information content (AvgIpc) is 3.01. The van der Waals surface area contributed by atoms with E-state index in [1.165, 1.54) is 6.07 Å². The minimum Gasteiger partial charge on any atom is -0.493 e. The van der Waals surface area contributed by atoms with Gasteiger partial charge in [-0.3, -0.25) is 0 Å². The van der Waals surface area contributed by atoms with E-state index in [9.17, 15) is 24.3 Å². The summed E-state index contributed by atoms with van der Waals surface area (Å²) in [6.07, 6.45) is 0.941. The fourth-order valence-corrected chi connectivity index (χ4v) is 3.89. The number of esters is 3. The van der Waals surface area contributed by atoms with Crippen molar-refractivity contribution >= 4 is 23.9 Å². The van der Waals surface area contributed by atoms with Crippen molar-refractivity contribution in [3.8, 4) is 28.4 Å². The van der Waals surface area contributed by atoms with Gasteiger partial charge in [0.15, 0.2) is 0 Å². The Morgan fingerprint density at radius 1 is 0.711 bits per heavy atom. The summed E-state index contributed by atoms with van der Waals surface area (Å²) >= 11 is 0. The van der Waals surface area contributed by atoms with E-state index in [1.807, 2.05) is 0 Å². The van der Waals surface area contributed by atoms with Crippen molar-refractivity contribution in [2.45, 2.75) is 33.6 Å². The molecule has 0 aliphatic rings. The SMILES string of the molecule is C=C(C)C(=O)OCCCOc1ccc(C(=O)Oc2ccc(-c3cc(OCCCOC(=O)C(=C)C)ccc3C(=O)O)cc2C)cc1. The van der Waals surface area contributed by atoms with E-state index in [1.54, 1.807) is 75.4 Å². The second-order valence-electron chi connectivity index (χ2n) is 10.1. The molecule has 1 N–H and O–H groups in total. The Balaban J connectivity index is 1.60. The van der Waals surface area contributed by atoms with Crippen LogP contribution in [0, 0.1) is 6.92 Å². The number of hydrogen-bond donors (Lipinski definition) is 1. The monoisotopic (exact) mass is 616 g/mol. The molecular weight excluding hydrogens is 580 g/mol. The number of hydrogen-bond acceptors (Lipinski definition) is 9. The summed E-state index contributed by atoms with van der Waals surface area (Å²) in [6, 6.07) is 16.1. The molecule has 0 radical (unpaired) electrons. The van der Waals surface area contributed by atoms with Crippen LogP contribution >= 0.6 is 0 Å². The van der Waals surface area contributed by atoms with Crippen LogP contribution in [0.2, 0.25) is 0 Å². The number of aryl methyl sites for hydroxylation is 1. The summed E-state index contributed by atoms with van der Waals surface area (Å²) in [7, 11) is 0. The molecule has 3 aromatic rings. The number of carbonyl (C=O) groups excluding carboxylic acids is 3. The van der Waals surface area contributed by atoms with E-state index >= 15 is 0 Å². The van der Waals surface area contributed by atoms with Gasteiger partial charge in [-0.25, -0.2) is 19.2 Å². The molecule has 0 heterocycles. The molecule has 10 nitrogen and oxygen atoms in total. The highest BCUT2D eigenvalue weighted by Crippen LogP contribution is 2.32. The Hall–Kier alpha value is -5.38. The van der Waals surface area contributed by atoms with Gasteiger partial charge in [0.2, 0.25) is 0 Å². The van der Waals surface area contributed by atoms with Crippen molar-refractivity contribution in [2.75, 3.05) is 26.4 Å². The molecule has 0 aromatic heterocycles. The molecule has 0 aliphatic carbocycles. The Morgan fingerprint density at radius 2 is 1.27 bits per heavy atom. The molecule has 0 spiro atoms. The van der Waals surface area contributed by atoms with Gasteiger partial charge in [0.05, 0.1) is 37.6 Å². The smallest absolute Gasteiger partial charge is 0.343 e. The molecule has 10 heteroatoms. The third kappa shape index (κ3) is 10.4. The number of ether oxygens (including phenoxy) is 5. The first-order chi connectivity index (χ1) is 21.5. The lowest BCUT2D eigenvalue weighted by molar-refractivity contribution is -0.140. The van der Waals surface area contributed by atoms with Crippen LogP contribution in [0.5, 0.6) is 17.2 Å². The van der Waals surface area contributed by atoms with Crippen LogP contribution < -0.4 is 14.2 Å². The zero-order chi connectivity index (χ0) is 32.9. The summed E-state index contributed by atoms with van der Waals surface area (Å²) in [4.78, 5) is 47.6. The van der Waals surface area contributed by atoms with Crippen LogP contribution in [0.3, 0.4) is 0 Å². The molecule has 3 aromatic carbocycles. The molecule has 0 amide bonds. The molecule has 0 saturated carbocycles. The van der Waals surface area contributed by atoms with Gasteiger partial charge in [0.1, 0.15) is 17.2 Å². The summed E-state index contributed by atoms with van der Waals surface area (Å²) in [5, 5.41) is 9.76. The highest BCUT2D eigenvalue weighted by atomic mass is 16.5. The van der Waals surface area contributed by atoms with Gasteiger partial charge >= 0.3 is 23.9 Å². The van der Waals surface area contributed by atoms with E-state index in [2.05, 4.69) is 13.2 Å². The molecule has 0 unspecified atom stereocenters. The Morgan fingerprint density at radius 3 is 1.80 bits per heavy atom. The maximum Gasteiger partial charge on any atom is 0.343 e. The first-order valence-electron chi connectivity index (χ1n) is 14.2. The fourth-order valence-electron chi connectivity index (χ4n) is 3.89. The third-order valence-electron chi connectivity index (χ3n) is 6.28. The van der Waals surface area contributed by atoms with Crippen LogP contribution in [-0.4, -0.2) is 55.4 Å². The fraction of sp³-hybridized carbons (Fsp3) is 0.257. The summed E-state index contributed by atoms with van der Waals surface area (Å²) in [5.74, 6) is -1.26. The molecular formula is C35H36O10. The molecule has 0 bridgehead atoms. The quantitative estimate of drug-likeness (QED) is 0.0839. The number of carbonyl (C=O) groups is 4. The topological polar surface area (TPSA) is 135 Å². The zero-order valence-electron chi connectivity index (χ0n) is 25.6. The average molecular weight is 617 g/mol. The predicted molar refractivity (Wildman–Crippen MR) is 167 cm³/mol. The zero-order valence-corrected chi connectivity index (χ0v) is 25.6. The van der Waals surface area contributed by atoms with Gasteiger partial charge in [0.25, 0.3) is 0 Å². The number of aromatic carboxylic acids is 1. The highest BCUT2D eigenvalue weighted by Gasteiger charge is 2.16. The van der Waals surface area contributed by atoms with Crippen molar-refractivity contribution in [1.82, 2.24) is 0 Å². The minimum absolute atomic E-state index is 0.0806. The molecule has 0 atom stereocenters. The van der Waals surface area contributed by atoms with E-state index < -0.39 is 23.9 Å². The first-order valence-corrected chi connectivity index (χ1v) is 14.2. The largest absolute Gasteiger partial charge is 0.493 e. The molecule has 236 valence electrons. The number of rotatable bonds is 16. The van der Waals surface area contributed by atoms with E-state index in [4.69, 9.17) is 23.7 Å². The second-order valence-corrected chi connectivity index (χ2v) is 10.1. The van der Waals surface area contributed by atoms with Gasteiger partial charge in [-0.05, 0) is 92.1 Å². The maximum absolute atomic E-state index is 12.8. The van der Waals surface area contributed by atoms with Crippen molar-refractivity contribution < 1.29 is 48.0 Å². The lowest BCUT2D eigenvalue weighted by Crippen LogP contribution is -2.10. The maximum atomic E-state index is 12.8. The normalized spacial score (nSPS) is 10.4. The number of carboxylic acids is 1. The van der Waals surface area contributed by atoms with Gasteiger partial charge in [-0.15, -0.1) is 0 Å². The van der Waals surface area contributed by atoms with Crippen molar-refractivity contribution in [2.24, 2.45) is 0 Å². The standard InChI is InChI=1S/C35H36O10/c1-22(2)33(38)43-18-6-16-41-27-11-8-25(9-12-27)35(40)45-31-15-10-26(20-24(31)5)30-21-28(13-14-29(30)32(36)37)42-17-7-19-44-34(39)23(3)4/h8-15,20-21H,1,3,6-7,16-19H2,2,4-5H3,(H,36,37). The van der Waals surface area contributed by atoms with E-state index in [-0.39, 0.29) is 25.4 Å². The van der Waals surface area contributed by atoms with Crippen LogP contribution in [0.4, 0.5) is 0 Å². The lowest BCUT2D eigenvalue weighted by atomic mass is 9.97. The van der Waals surface area contributed by atoms with E-state index in [0.717, 1.165) is 0 Å². The Kier molecular flexibility index (Phi) is 12.5. The minimum atomic E-state index is -1.10. The number of carboxylic acid groups (broad SMARTS) is 1. The van der Waals surface area contributed by atoms with Crippen LogP contribution in [0.1, 0.15) is 53.0 Å². The summed E-state index contributed by atoms with van der Waals surface area (Å²) < 4.78 is 27.1. The molecule has 0 aliphatic heterocycles. The lowest BCUT2D eigenvalue weighted by Gasteiger charge is -2.13. The van der Waals surface area contributed by atoms with Crippen LogP contribution in [0.25, 0.3) is 11.1 Å². The molecule has 3 rings (SSSR count). The Labute approximate surface area is 261 Å². The van der Waals surface area contributed by atoms with Crippen LogP contribution in [0.15, 0.2) is 85.0 Å². The molecule has 0 fully saturated rings. The van der Waals surface area contributed by atoms with Gasteiger partial charge < -0.3 is 28.8 Å². The highest BCUT2D eigenvalue weighted by molar-refractivity contribution is 5.97. The number of benzene rings is 3. The Bertz CT molecular complexity index is 1570. The second kappa shape index (κ2) is 16.5. The third-order valence-corrected chi connectivity index (χ3v) is 6.28. The van der Waals surface area contributed by atoms with Crippen molar-refractivity contribution in [3.63, 3.8) is 0 Å². The predicted octanol–water partition coefficient (Wildman–Crippen LogP) is 6.36. The van der Waals surface area contributed by atoms with E-state index in [0.29, 0.717) is 70.1 Å². The molecule has 0 saturated heterocycles. The van der Waals surface area contributed by atoms with Crippen LogP contribution in [-0.2, 0) is 19.1 Å². The summed E-state index contributed by atoms with van der Waals surface area (Å²) in [5.41, 5.74) is 2.69. The molecule has 45 heavy (non-hydrogen) atoms. The van der Waals surface area contributed by atoms with Gasteiger partial charge in [-0.2, -0.15) is 0 Å². The van der Waals surface area contributed by atoms with Crippen molar-refractivity contribution in [1.29, 1.82) is 0 Å². The van der Waals surface area contributed by atoms with Gasteiger partial charge in [0, 0.05) is 24.0 Å². The summed E-state index contributed by atoms with van der Waals surface area (Å²) in [6.45, 7) is 12.9. The first kappa shape index (κ1) is 34.1. The van der Waals surface area contributed by atoms with Crippen molar-refractivity contribution in [3.05, 3.63) is 102 Å².